The van der Waals surface area contributed by atoms with Gasteiger partial charge in [-0.15, -0.1) is 0 Å². The Hall–Kier alpha value is -0.320. The molecule has 1 aliphatic heterocycles. The van der Waals surface area contributed by atoms with Crippen LogP contribution < -0.4 is 4.74 Å². The highest BCUT2D eigenvalue weighted by Crippen LogP contribution is 2.18. The lowest BCUT2D eigenvalue weighted by Gasteiger charge is -2.32. The van der Waals surface area contributed by atoms with Gasteiger partial charge in [-0.1, -0.05) is 0 Å². The Balaban J connectivity index is 1.91. The molecule has 1 aromatic heterocycles. The van der Waals surface area contributed by atoms with Gasteiger partial charge in [0, 0.05) is 16.7 Å². The van der Waals surface area contributed by atoms with Crippen molar-refractivity contribution in [1.82, 2.24) is 9.40 Å². The molecular weight excluding hydrogens is 255 g/mol. The predicted octanol–water partition coefficient (Wildman–Crippen LogP) is 2.06. The molecule has 13 heavy (non-hydrogen) atoms. The molecule has 2 rings (SSSR count). The second-order valence-corrected chi connectivity index (χ2v) is 4.28. The van der Waals surface area contributed by atoms with E-state index in [0.29, 0.717) is 5.88 Å². The molecule has 0 spiro atoms. The van der Waals surface area contributed by atoms with Crippen molar-refractivity contribution in [3.05, 3.63) is 22.8 Å². The molecule has 70 valence electrons. The quantitative estimate of drug-likeness (QED) is 0.764. The van der Waals surface area contributed by atoms with Crippen LogP contribution in [0.15, 0.2) is 22.8 Å². The lowest BCUT2D eigenvalue weighted by Crippen LogP contribution is -2.48. The van der Waals surface area contributed by atoms with E-state index in [9.17, 15) is 0 Å². The minimum Gasteiger partial charge on any atom is -0.472 e. The summed E-state index contributed by atoms with van der Waals surface area (Å²) in [5, 5.41) is 0. The molecular formula is C8H8BrClN2O. The monoisotopic (exact) mass is 262 g/mol. The topological polar surface area (TPSA) is 25.4 Å². The van der Waals surface area contributed by atoms with Gasteiger partial charge in [0.05, 0.1) is 13.1 Å². The third kappa shape index (κ3) is 2.33. The van der Waals surface area contributed by atoms with Crippen LogP contribution in [-0.4, -0.2) is 28.6 Å². The molecule has 1 aromatic rings. The van der Waals surface area contributed by atoms with Crippen molar-refractivity contribution in [2.45, 2.75) is 6.10 Å². The van der Waals surface area contributed by atoms with E-state index in [0.717, 1.165) is 17.6 Å². The Morgan fingerprint density at radius 1 is 1.54 bits per heavy atom. The zero-order valence-corrected chi connectivity index (χ0v) is 9.12. The van der Waals surface area contributed by atoms with Gasteiger partial charge in [-0.2, -0.15) is 0 Å². The maximum atomic E-state index is 5.66. The normalized spacial score (nSPS) is 18.3. The highest BCUT2D eigenvalue weighted by atomic mass is 79.9. The molecule has 0 amide bonds. The number of ether oxygens (including phenoxy) is 1. The van der Waals surface area contributed by atoms with Crippen molar-refractivity contribution >= 4 is 27.7 Å². The largest absolute Gasteiger partial charge is 0.472 e. The van der Waals surface area contributed by atoms with E-state index in [-0.39, 0.29) is 6.10 Å². The number of aromatic nitrogens is 1. The smallest absolute Gasteiger partial charge is 0.213 e. The van der Waals surface area contributed by atoms with E-state index >= 15 is 0 Å². The molecule has 1 fully saturated rings. The van der Waals surface area contributed by atoms with Crippen molar-refractivity contribution in [2.75, 3.05) is 13.1 Å². The molecule has 0 bridgehead atoms. The second kappa shape index (κ2) is 3.82. The summed E-state index contributed by atoms with van der Waals surface area (Å²) in [5.41, 5.74) is 0. The second-order valence-electron chi connectivity index (χ2n) is 2.88. The van der Waals surface area contributed by atoms with E-state index in [1.54, 1.807) is 10.6 Å². The van der Waals surface area contributed by atoms with Gasteiger partial charge in [-0.05, 0) is 33.8 Å². The van der Waals surface area contributed by atoms with Gasteiger partial charge in [0.15, 0.2) is 0 Å². The van der Waals surface area contributed by atoms with Crippen LogP contribution in [-0.2, 0) is 0 Å². The fourth-order valence-electron chi connectivity index (χ4n) is 1.07. The van der Waals surface area contributed by atoms with E-state index in [1.165, 1.54) is 0 Å². The van der Waals surface area contributed by atoms with Crippen LogP contribution >= 0.6 is 27.7 Å². The summed E-state index contributed by atoms with van der Waals surface area (Å²) in [5.74, 6) is 0.651. The molecule has 0 N–H and O–H groups in total. The summed E-state index contributed by atoms with van der Waals surface area (Å²) in [6, 6.07) is 3.74. The first-order valence-corrected chi connectivity index (χ1v) is 5.06. The van der Waals surface area contributed by atoms with Crippen molar-refractivity contribution in [2.24, 2.45) is 0 Å². The summed E-state index contributed by atoms with van der Waals surface area (Å²) in [7, 11) is 0. The molecule has 0 aliphatic carbocycles. The van der Waals surface area contributed by atoms with Crippen molar-refractivity contribution in [1.29, 1.82) is 0 Å². The Morgan fingerprint density at radius 2 is 2.31 bits per heavy atom. The van der Waals surface area contributed by atoms with Crippen molar-refractivity contribution in [3.8, 4) is 5.88 Å². The fourth-order valence-corrected chi connectivity index (χ4v) is 1.61. The van der Waals surface area contributed by atoms with Crippen LogP contribution in [0.2, 0.25) is 0 Å². The highest BCUT2D eigenvalue weighted by molar-refractivity contribution is 9.10. The van der Waals surface area contributed by atoms with E-state index in [2.05, 4.69) is 20.9 Å². The Bertz CT molecular complexity index is 287. The molecule has 1 aliphatic rings. The lowest BCUT2D eigenvalue weighted by atomic mass is 10.2. The third-order valence-corrected chi connectivity index (χ3v) is 2.54. The SMILES string of the molecule is ClN1CC(Oc2ccc(Br)cn2)C1. The summed E-state index contributed by atoms with van der Waals surface area (Å²) >= 11 is 8.97. The Kier molecular flexibility index (Phi) is 2.71. The van der Waals surface area contributed by atoms with Gasteiger partial charge in [-0.3, -0.25) is 0 Å². The first-order valence-electron chi connectivity index (χ1n) is 3.93. The van der Waals surface area contributed by atoms with Crippen LogP contribution in [0.3, 0.4) is 0 Å². The van der Waals surface area contributed by atoms with Gasteiger partial charge < -0.3 is 4.74 Å². The average Bonchev–Trinajstić information content (AvgIpc) is 2.06. The van der Waals surface area contributed by atoms with Crippen LogP contribution in [0.5, 0.6) is 5.88 Å². The first kappa shape index (κ1) is 9.24. The van der Waals surface area contributed by atoms with Crippen LogP contribution in [0.1, 0.15) is 0 Å². The molecule has 0 saturated carbocycles. The number of pyridine rings is 1. The standard InChI is InChI=1S/C8H8BrClN2O/c9-6-1-2-8(11-3-6)13-7-4-12(10)5-7/h1-3,7H,4-5H2. The fraction of sp³-hybridized carbons (Fsp3) is 0.375. The molecule has 0 radical (unpaired) electrons. The zero-order chi connectivity index (χ0) is 9.26. The summed E-state index contributed by atoms with van der Waals surface area (Å²) < 4.78 is 8.15. The first-order chi connectivity index (χ1) is 6.24. The van der Waals surface area contributed by atoms with Crippen LogP contribution in [0.25, 0.3) is 0 Å². The molecule has 2 heterocycles. The maximum Gasteiger partial charge on any atom is 0.213 e. The van der Waals surface area contributed by atoms with Gasteiger partial charge in [0.25, 0.3) is 0 Å². The highest BCUT2D eigenvalue weighted by Gasteiger charge is 2.27. The van der Waals surface area contributed by atoms with Crippen LogP contribution in [0, 0.1) is 0 Å². The molecule has 0 unspecified atom stereocenters. The predicted molar refractivity (Wildman–Crippen MR) is 53.8 cm³/mol. The van der Waals surface area contributed by atoms with E-state index in [1.807, 2.05) is 12.1 Å². The lowest BCUT2D eigenvalue weighted by molar-refractivity contribution is 0.0741. The molecule has 5 heteroatoms. The number of hydrogen-bond donors (Lipinski definition) is 0. The van der Waals surface area contributed by atoms with Crippen LogP contribution in [0.4, 0.5) is 0 Å². The van der Waals surface area contributed by atoms with Crippen molar-refractivity contribution < 1.29 is 4.74 Å². The van der Waals surface area contributed by atoms with E-state index in [4.69, 9.17) is 16.5 Å². The number of nitrogens with zero attached hydrogens (tertiary/aromatic N) is 2. The third-order valence-electron chi connectivity index (χ3n) is 1.79. The minimum atomic E-state index is 0.186. The van der Waals surface area contributed by atoms with Gasteiger partial charge >= 0.3 is 0 Å². The average molecular weight is 264 g/mol. The Morgan fingerprint density at radius 3 is 2.85 bits per heavy atom. The number of hydrogen-bond acceptors (Lipinski definition) is 3. The van der Waals surface area contributed by atoms with Gasteiger partial charge in [-0.25, -0.2) is 9.40 Å². The molecule has 3 nitrogen and oxygen atoms in total. The molecule has 1 saturated heterocycles. The minimum absolute atomic E-state index is 0.186. The zero-order valence-electron chi connectivity index (χ0n) is 6.78. The number of rotatable bonds is 2. The van der Waals surface area contributed by atoms with Gasteiger partial charge in [0.2, 0.25) is 5.88 Å². The summed E-state index contributed by atoms with van der Waals surface area (Å²) in [6.45, 7) is 1.53. The van der Waals surface area contributed by atoms with Gasteiger partial charge in [0.1, 0.15) is 6.10 Å². The summed E-state index contributed by atoms with van der Waals surface area (Å²) in [6.07, 6.45) is 1.90. The molecule has 0 aromatic carbocycles. The Labute approximate surface area is 89.9 Å². The van der Waals surface area contributed by atoms with Crippen molar-refractivity contribution in [3.63, 3.8) is 0 Å². The van der Waals surface area contributed by atoms with E-state index < -0.39 is 0 Å². The summed E-state index contributed by atoms with van der Waals surface area (Å²) in [4.78, 5) is 4.09. The maximum absolute atomic E-state index is 5.66. The number of halogens is 2. The molecule has 0 atom stereocenters.